The van der Waals surface area contributed by atoms with Gasteiger partial charge in [-0.25, -0.2) is 4.79 Å². The van der Waals surface area contributed by atoms with E-state index in [1.807, 2.05) is 0 Å². The van der Waals surface area contributed by atoms with Crippen LogP contribution in [-0.2, 0) is 11.0 Å². The van der Waals surface area contributed by atoms with E-state index in [1.165, 1.54) is 0 Å². The van der Waals surface area contributed by atoms with Gasteiger partial charge < -0.3 is 5.11 Å². The molecule has 0 bridgehead atoms. The molecule has 0 amide bonds. The van der Waals surface area contributed by atoms with E-state index in [2.05, 4.69) is 5.10 Å². The van der Waals surface area contributed by atoms with Gasteiger partial charge in [-0.3, -0.25) is 4.68 Å². The SMILES string of the molecule is CCC(C(=O)O)n1cc(C(F)(F)F)cn1. The van der Waals surface area contributed by atoms with E-state index < -0.39 is 23.8 Å². The minimum atomic E-state index is -4.49. The molecule has 1 aromatic heterocycles. The fourth-order valence-corrected chi connectivity index (χ4v) is 1.13. The molecule has 1 atom stereocenters. The minimum Gasteiger partial charge on any atom is -0.480 e. The van der Waals surface area contributed by atoms with Gasteiger partial charge >= 0.3 is 12.1 Å². The molecule has 0 radical (unpaired) electrons. The first kappa shape index (κ1) is 11.5. The lowest BCUT2D eigenvalue weighted by Gasteiger charge is -2.09. The van der Waals surface area contributed by atoms with Crippen LogP contribution >= 0.6 is 0 Å². The van der Waals surface area contributed by atoms with E-state index in [9.17, 15) is 18.0 Å². The molecule has 0 fully saturated rings. The van der Waals surface area contributed by atoms with Gasteiger partial charge in [0.05, 0.1) is 11.8 Å². The van der Waals surface area contributed by atoms with Crippen molar-refractivity contribution in [3.8, 4) is 0 Å². The maximum Gasteiger partial charge on any atom is 0.419 e. The second kappa shape index (κ2) is 3.92. The average Bonchev–Trinajstić information content (AvgIpc) is 2.52. The lowest BCUT2D eigenvalue weighted by molar-refractivity contribution is -0.142. The van der Waals surface area contributed by atoms with Crippen molar-refractivity contribution in [2.75, 3.05) is 0 Å². The molecule has 1 unspecified atom stereocenters. The summed E-state index contributed by atoms with van der Waals surface area (Å²) in [6.07, 6.45) is -3.00. The van der Waals surface area contributed by atoms with E-state index in [0.29, 0.717) is 12.4 Å². The summed E-state index contributed by atoms with van der Waals surface area (Å²) in [5.41, 5.74) is -0.942. The summed E-state index contributed by atoms with van der Waals surface area (Å²) in [5.74, 6) is -1.20. The fourth-order valence-electron chi connectivity index (χ4n) is 1.13. The number of hydrogen-bond donors (Lipinski definition) is 1. The zero-order valence-corrected chi connectivity index (χ0v) is 7.82. The minimum absolute atomic E-state index is 0.175. The van der Waals surface area contributed by atoms with Crippen molar-refractivity contribution in [3.05, 3.63) is 18.0 Å². The first-order valence-electron chi connectivity index (χ1n) is 4.20. The van der Waals surface area contributed by atoms with Crippen molar-refractivity contribution in [3.63, 3.8) is 0 Å². The van der Waals surface area contributed by atoms with Gasteiger partial charge in [-0.2, -0.15) is 18.3 Å². The predicted octanol–water partition coefficient (Wildman–Crippen LogP) is 1.94. The molecule has 15 heavy (non-hydrogen) atoms. The Morgan fingerprint density at radius 3 is 2.60 bits per heavy atom. The molecule has 1 heterocycles. The molecule has 1 aromatic rings. The highest BCUT2D eigenvalue weighted by Gasteiger charge is 2.33. The van der Waals surface area contributed by atoms with E-state index in [4.69, 9.17) is 5.11 Å². The topological polar surface area (TPSA) is 55.1 Å². The smallest absolute Gasteiger partial charge is 0.419 e. The summed E-state index contributed by atoms with van der Waals surface area (Å²) in [4.78, 5) is 10.6. The van der Waals surface area contributed by atoms with E-state index in [1.54, 1.807) is 6.92 Å². The highest BCUT2D eigenvalue weighted by atomic mass is 19.4. The monoisotopic (exact) mass is 222 g/mol. The highest BCUT2D eigenvalue weighted by Crippen LogP contribution is 2.29. The number of aromatic nitrogens is 2. The van der Waals surface area contributed by atoms with E-state index in [-0.39, 0.29) is 6.42 Å². The first-order valence-corrected chi connectivity index (χ1v) is 4.20. The Hall–Kier alpha value is -1.53. The van der Waals surface area contributed by atoms with Gasteiger partial charge in [0.15, 0.2) is 0 Å². The van der Waals surface area contributed by atoms with Crippen LogP contribution in [-0.4, -0.2) is 20.9 Å². The molecule has 0 aliphatic carbocycles. The number of rotatable bonds is 3. The summed E-state index contributed by atoms with van der Waals surface area (Å²) in [6.45, 7) is 1.56. The predicted molar refractivity (Wildman–Crippen MR) is 44.2 cm³/mol. The summed E-state index contributed by atoms with van der Waals surface area (Å²) >= 11 is 0. The third-order valence-corrected chi connectivity index (χ3v) is 1.92. The van der Waals surface area contributed by atoms with Crippen molar-refractivity contribution >= 4 is 5.97 Å². The summed E-state index contributed by atoms with van der Waals surface area (Å²) in [6, 6.07) is -1.05. The van der Waals surface area contributed by atoms with Gasteiger partial charge in [-0.15, -0.1) is 0 Å². The number of aliphatic carboxylic acids is 1. The van der Waals surface area contributed by atoms with Gasteiger partial charge in [0.2, 0.25) is 0 Å². The van der Waals surface area contributed by atoms with Gasteiger partial charge in [0, 0.05) is 6.20 Å². The Balaban J connectivity index is 2.97. The third-order valence-electron chi connectivity index (χ3n) is 1.92. The molecule has 84 valence electrons. The maximum absolute atomic E-state index is 12.2. The standard InChI is InChI=1S/C8H9F3N2O2/c1-2-6(7(14)15)13-4-5(3-12-13)8(9,10)11/h3-4,6H,2H2,1H3,(H,14,15). The van der Waals surface area contributed by atoms with Crippen LogP contribution in [0.25, 0.3) is 0 Å². The molecule has 1 N–H and O–H groups in total. The number of nitrogens with zero attached hydrogens (tertiary/aromatic N) is 2. The van der Waals surface area contributed by atoms with Crippen LogP contribution in [0.2, 0.25) is 0 Å². The molecule has 0 spiro atoms. The normalized spacial score (nSPS) is 13.9. The van der Waals surface area contributed by atoms with Gasteiger partial charge in [0.25, 0.3) is 0 Å². The molecule has 0 aliphatic rings. The summed E-state index contributed by atoms with van der Waals surface area (Å²) < 4.78 is 37.3. The second-order valence-corrected chi connectivity index (χ2v) is 2.97. The van der Waals surface area contributed by atoms with Crippen LogP contribution in [0.4, 0.5) is 13.2 Å². The van der Waals surface area contributed by atoms with Gasteiger partial charge in [-0.05, 0) is 6.42 Å². The van der Waals surface area contributed by atoms with Crippen molar-refractivity contribution in [2.24, 2.45) is 0 Å². The number of carboxylic acid groups (broad SMARTS) is 1. The second-order valence-electron chi connectivity index (χ2n) is 2.97. The Labute approximate surface area is 83.3 Å². The van der Waals surface area contributed by atoms with Crippen molar-refractivity contribution < 1.29 is 23.1 Å². The summed E-state index contributed by atoms with van der Waals surface area (Å²) in [7, 11) is 0. The Kier molecular flexibility index (Phi) is 3.01. The third kappa shape index (κ3) is 2.48. The van der Waals surface area contributed by atoms with Crippen LogP contribution in [0.3, 0.4) is 0 Å². The van der Waals surface area contributed by atoms with E-state index in [0.717, 1.165) is 4.68 Å². The lowest BCUT2D eigenvalue weighted by Crippen LogP contribution is -2.18. The molecule has 0 saturated heterocycles. The average molecular weight is 222 g/mol. The van der Waals surface area contributed by atoms with Gasteiger partial charge in [0.1, 0.15) is 6.04 Å². The molecule has 4 nitrogen and oxygen atoms in total. The van der Waals surface area contributed by atoms with Crippen molar-refractivity contribution in [1.29, 1.82) is 0 Å². The zero-order chi connectivity index (χ0) is 11.6. The number of carboxylic acids is 1. The molecular weight excluding hydrogens is 213 g/mol. The van der Waals surface area contributed by atoms with Crippen LogP contribution in [0, 0.1) is 0 Å². The molecule has 0 aliphatic heterocycles. The Morgan fingerprint density at radius 1 is 1.67 bits per heavy atom. The largest absolute Gasteiger partial charge is 0.480 e. The molecule has 0 saturated carbocycles. The van der Waals surface area contributed by atoms with Crippen molar-refractivity contribution in [1.82, 2.24) is 9.78 Å². The summed E-state index contributed by atoms with van der Waals surface area (Å²) in [5, 5.41) is 12.1. The lowest BCUT2D eigenvalue weighted by atomic mass is 10.2. The Bertz CT molecular complexity index is 359. The fraction of sp³-hybridized carbons (Fsp3) is 0.500. The van der Waals surface area contributed by atoms with Gasteiger partial charge in [-0.1, -0.05) is 6.92 Å². The molecule has 1 rings (SSSR count). The Morgan fingerprint density at radius 2 is 2.27 bits per heavy atom. The first-order chi connectivity index (χ1) is 6.86. The number of alkyl halides is 3. The molecular formula is C8H9F3N2O2. The van der Waals surface area contributed by atoms with Crippen LogP contribution < -0.4 is 0 Å². The van der Waals surface area contributed by atoms with Crippen LogP contribution in [0.1, 0.15) is 24.9 Å². The quantitative estimate of drug-likeness (QED) is 0.850. The number of carbonyl (C=O) groups is 1. The maximum atomic E-state index is 12.2. The number of halogens is 3. The molecule has 7 heteroatoms. The van der Waals surface area contributed by atoms with Crippen molar-refractivity contribution in [2.45, 2.75) is 25.6 Å². The highest BCUT2D eigenvalue weighted by molar-refractivity contribution is 5.71. The molecule has 0 aromatic carbocycles. The number of hydrogen-bond acceptors (Lipinski definition) is 2. The zero-order valence-electron chi connectivity index (χ0n) is 7.82. The van der Waals surface area contributed by atoms with Crippen LogP contribution in [0.5, 0.6) is 0 Å². The van der Waals surface area contributed by atoms with E-state index >= 15 is 0 Å². The van der Waals surface area contributed by atoms with Crippen LogP contribution in [0.15, 0.2) is 12.4 Å².